The number of benzene rings is 2. The highest BCUT2D eigenvalue weighted by Gasteiger charge is 2.33. The van der Waals surface area contributed by atoms with Crippen molar-refractivity contribution < 1.29 is 52.5 Å². The molecular formula is C48H75N7O11. The summed E-state index contributed by atoms with van der Waals surface area (Å²) in [6.07, 6.45) is 4.11. The smallest absolute Gasteiger partial charge is 0.407 e. The highest BCUT2D eigenvalue weighted by molar-refractivity contribution is 5.95. The number of nitrogens with one attached hydrogen (secondary N) is 7. The third kappa shape index (κ3) is 21.1. The number of alkyl carbamates (subject to hydrolysis) is 2. The monoisotopic (exact) mass is 926 g/mol. The van der Waals surface area contributed by atoms with Crippen LogP contribution in [0.4, 0.5) is 9.59 Å². The molecule has 5 atom stereocenters. The van der Waals surface area contributed by atoms with E-state index in [0.717, 1.165) is 42.9 Å². The van der Waals surface area contributed by atoms with Gasteiger partial charge in [0.2, 0.25) is 23.6 Å². The van der Waals surface area contributed by atoms with E-state index in [2.05, 4.69) is 37.2 Å². The lowest BCUT2D eigenvalue weighted by Gasteiger charge is -2.31. The molecule has 0 radical (unpaired) electrons. The maximum atomic E-state index is 13.9. The maximum absolute atomic E-state index is 13.9. The van der Waals surface area contributed by atoms with E-state index in [-0.39, 0.29) is 32.2 Å². The van der Waals surface area contributed by atoms with Crippen molar-refractivity contribution in [2.45, 2.75) is 168 Å². The Balaban J connectivity index is 1.62. The van der Waals surface area contributed by atoms with E-state index in [1.807, 2.05) is 57.2 Å². The van der Waals surface area contributed by atoms with E-state index < -0.39 is 95.7 Å². The second-order valence-corrected chi connectivity index (χ2v) is 19.3. The lowest BCUT2D eigenvalue weighted by atomic mass is 9.96. The van der Waals surface area contributed by atoms with Gasteiger partial charge >= 0.3 is 12.2 Å². The van der Waals surface area contributed by atoms with Crippen LogP contribution in [0.2, 0.25) is 0 Å². The molecule has 18 nitrogen and oxygen atoms in total. The summed E-state index contributed by atoms with van der Waals surface area (Å²) < 4.78 is 22.4. The number of fused-ring (bicyclic) bond motifs is 1. The summed E-state index contributed by atoms with van der Waals surface area (Å²) in [7, 11) is 0. The fraction of sp³-hybridized carbons (Fsp3) is 0.646. The van der Waals surface area contributed by atoms with Crippen LogP contribution >= 0.6 is 0 Å². The molecule has 0 unspecified atom stereocenters. The van der Waals surface area contributed by atoms with E-state index in [9.17, 15) is 33.6 Å². The predicted molar refractivity (Wildman–Crippen MR) is 250 cm³/mol. The normalized spacial score (nSPS) is 15.5. The van der Waals surface area contributed by atoms with E-state index in [4.69, 9.17) is 18.9 Å². The Hall–Kier alpha value is -5.65. The molecule has 2 aromatic rings. The van der Waals surface area contributed by atoms with Crippen molar-refractivity contribution >= 4 is 52.5 Å². The van der Waals surface area contributed by atoms with Gasteiger partial charge in [0.05, 0.1) is 24.3 Å². The molecule has 7 N–H and O–H groups in total. The molecule has 7 amide bonds. The van der Waals surface area contributed by atoms with Gasteiger partial charge in [0.25, 0.3) is 5.91 Å². The third-order valence-electron chi connectivity index (χ3n) is 10.4. The van der Waals surface area contributed by atoms with Gasteiger partial charge in [0.1, 0.15) is 36.1 Å². The van der Waals surface area contributed by atoms with Crippen LogP contribution in [0, 0.1) is 5.92 Å². The Labute approximate surface area is 389 Å². The Morgan fingerprint density at radius 1 is 0.682 bits per heavy atom. The summed E-state index contributed by atoms with van der Waals surface area (Å²) in [5.74, 6) is -3.14. The van der Waals surface area contributed by atoms with Gasteiger partial charge in [-0.3, -0.25) is 24.0 Å². The fourth-order valence-electron chi connectivity index (χ4n) is 7.23. The zero-order valence-corrected chi connectivity index (χ0v) is 40.6. The second-order valence-electron chi connectivity index (χ2n) is 19.3. The third-order valence-corrected chi connectivity index (χ3v) is 10.4. The summed E-state index contributed by atoms with van der Waals surface area (Å²) in [6, 6.07) is 9.20. The Kier molecular flexibility index (Phi) is 21.9. The molecule has 0 saturated heterocycles. The van der Waals surface area contributed by atoms with Gasteiger partial charge in [0, 0.05) is 12.6 Å². The number of rotatable bonds is 23. The first-order valence-corrected chi connectivity index (χ1v) is 23.2. The zero-order valence-electron chi connectivity index (χ0n) is 40.6. The largest absolute Gasteiger partial charge is 0.484 e. The average Bonchev–Trinajstić information content (AvgIpc) is 3.23. The van der Waals surface area contributed by atoms with Crippen LogP contribution in [0.25, 0.3) is 10.8 Å². The minimum absolute atomic E-state index is 0.0638. The predicted octanol–water partition coefficient (Wildman–Crippen LogP) is 4.91. The molecule has 1 aliphatic carbocycles. The van der Waals surface area contributed by atoms with Gasteiger partial charge in [-0.1, -0.05) is 63.4 Å². The SMILES string of the molecule is CC(C)[C@H](NC(=O)[C@H](CCCCNC(=O)OC(C)(C)C)NC(=O)COc1ccc2ccccc2c1)C(=O)NCC(=O)N[C@H](C(=O)N[C@@H](C)COC(=O)NC1CCCCC1)[C@@H](C)OC(C)(C)C. The highest BCUT2D eigenvalue weighted by atomic mass is 16.6. The minimum atomic E-state index is -1.19. The average molecular weight is 926 g/mol. The molecule has 18 heteroatoms. The quantitative estimate of drug-likeness (QED) is 0.0740. The van der Waals surface area contributed by atoms with E-state index >= 15 is 0 Å². The van der Waals surface area contributed by atoms with Gasteiger partial charge in [-0.05, 0) is 116 Å². The molecule has 2 aromatic carbocycles. The van der Waals surface area contributed by atoms with Gasteiger partial charge in [-0.2, -0.15) is 0 Å². The summed E-state index contributed by atoms with van der Waals surface area (Å²) in [5, 5.41) is 21.0. The summed E-state index contributed by atoms with van der Waals surface area (Å²) in [4.78, 5) is 92.1. The molecule has 368 valence electrons. The number of hydrogen-bond acceptors (Lipinski definition) is 11. The van der Waals surface area contributed by atoms with Crippen molar-refractivity contribution in [1.29, 1.82) is 0 Å². The van der Waals surface area contributed by atoms with E-state index in [1.54, 1.807) is 54.5 Å². The van der Waals surface area contributed by atoms with Crippen LogP contribution in [-0.2, 0) is 38.2 Å². The van der Waals surface area contributed by atoms with Gasteiger partial charge in [0.15, 0.2) is 6.61 Å². The number of unbranched alkanes of at least 4 members (excludes halogenated alkanes) is 1. The van der Waals surface area contributed by atoms with Crippen molar-refractivity contribution in [3.05, 3.63) is 42.5 Å². The van der Waals surface area contributed by atoms with Crippen LogP contribution in [0.1, 0.15) is 121 Å². The fourth-order valence-corrected chi connectivity index (χ4v) is 7.23. The van der Waals surface area contributed by atoms with Crippen molar-refractivity contribution in [3.8, 4) is 5.75 Å². The lowest BCUT2D eigenvalue weighted by Crippen LogP contribution is -2.59. The molecule has 66 heavy (non-hydrogen) atoms. The van der Waals surface area contributed by atoms with Crippen molar-refractivity contribution in [2.75, 3.05) is 26.3 Å². The first kappa shape index (κ1) is 54.7. The molecular weight excluding hydrogens is 851 g/mol. The summed E-state index contributed by atoms with van der Waals surface area (Å²) >= 11 is 0. The highest BCUT2D eigenvalue weighted by Crippen LogP contribution is 2.21. The first-order chi connectivity index (χ1) is 31.0. The Morgan fingerprint density at radius 2 is 1.36 bits per heavy atom. The molecule has 0 aromatic heterocycles. The van der Waals surface area contributed by atoms with E-state index in [0.29, 0.717) is 18.6 Å². The molecule has 0 heterocycles. The maximum Gasteiger partial charge on any atom is 0.407 e. The lowest BCUT2D eigenvalue weighted by molar-refractivity contribution is -0.138. The van der Waals surface area contributed by atoms with Gasteiger partial charge < -0.3 is 56.2 Å². The standard InChI is InChI=1S/C48H75N7O11/c1-30(2)40(43(59)50-27-38(56)54-41(32(4)65-47(5,6)7)44(60)51-31(3)28-64-46(62)52-35-20-12-11-13-21-35)55-42(58)37(22-16-17-25-49-45(61)66-48(8,9)10)53-39(57)29-63-36-24-23-33-18-14-15-19-34(33)26-36/h14-15,18-19,23-24,26,30-32,35,37,40-41H,11-13,16-17,20-22,25,27-29H2,1-10H3,(H,49,61)(H,50,59)(H,51,60)(H,52,62)(H,53,57)(H,54,56)(H,55,58)/t31-,32+,37-,40-,41-/m0/s1. The number of hydrogen-bond donors (Lipinski definition) is 7. The number of amides is 7. The topological polar surface area (TPSA) is 241 Å². The van der Waals surface area contributed by atoms with Crippen molar-refractivity contribution in [1.82, 2.24) is 37.2 Å². The zero-order chi connectivity index (χ0) is 49.0. The summed E-state index contributed by atoms with van der Waals surface area (Å²) in [5.41, 5.74) is -1.34. The molecule has 1 saturated carbocycles. The number of ether oxygens (including phenoxy) is 4. The minimum Gasteiger partial charge on any atom is -0.484 e. The molecule has 0 aliphatic heterocycles. The number of carbonyl (C=O) groups excluding carboxylic acids is 7. The van der Waals surface area contributed by atoms with Gasteiger partial charge in [-0.25, -0.2) is 9.59 Å². The van der Waals surface area contributed by atoms with Crippen LogP contribution < -0.4 is 42.0 Å². The van der Waals surface area contributed by atoms with E-state index in [1.165, 1.54) is 0 Å². The summed E-state index contributed by atoms with van der Waals surface area (Å²) in [6.45, 7) is 16.7. The van der Waals surface area contributed by atoms with Gasteiger partial charge in [-0.15, -0.1) is 0 Å². The van der Waals surface area contributed by atoms with Crippen LogP contribution in [0.15, 0.2) is 42.5 Å². The van der Waals surface area contributed by atoms with Crippen LogP contribution in [0.3, 0.4) is 0 Å². The van der Waals surface area contributed by atoms with Crippen molar-refractivity contribution in [2.24, 2.45) is 5.92 Å². The molecule has 0 bridgehead atoms. The first-order valence-electron chi connectivity index (χ1n) is 23.2. The second kappa shape index (κ2) is 26.5. The Bertz CT molecular complexity index is 1920. The Morgan fingerprint density at radius 3 is 2.02 bits per heavy atom. The van der Waals surface area contributed by atoms with Crippen LogP contribution in [0.5, 0.6) is 5.75 Å². The number of carbonyl (C=O) groups is 7. The molecule has 3 rings (SSSR count). The molecule has 0 spiro atoms. The van der Waals surface area contributed by atoms with Crippen LogP contribution in [-0.4, -0.2) is 116 Å². The van der Waals surface area contributed by atoms with Crippen molar-refractivity contribution in [3.63, 3.8) is 0 Å². The molecule has 1 fully saturated rings. The molecule has 1 aliphatic rings.